The van der Waals surface area contributed by atoms with Crippen molar-refractivity contribution in [3.8, 4) is 0 Å². The van der Waals surface area contributed by atoms with E-state index in [0.29, 0.717) is 6.54 Å². The van der Waals surface area contributed by atoms with Gasteiger partial charge in [-0.05, 0) is 36.8 Å². The second-order valence-electron chi connectivity index (χ2n) is 6.01. The molecule has 1 aromatic carbocycles. The summed E-state index contributed by atoms with van der Waals surface area (Å²) in [5, 5.41) is 0.773. The van der Waals surface area contributed by atoms with Crippen molar-refractivity contribution in [2.24, 2.45) is 0 Å². The largest absolute Gasteiger partial charge is 0.377 e. The standard InChI is InChI=1S/C18H22FN3OS/c1-24-18-20-9-15(10-21-18)12-22(13-17-6-3-7-23-17)11-14-4-2-5-16(19)8-14/h2,4-5,8-10,17H,3,6-7,11-13H2,1H3. The third-order valence-electron chi connectivity index (χ3n) is 4.05. The SMILES string of the molecule is CSc1ncc(CN(Cc2cccc(F)c2)CC2CCCO2)cn1. The van der Waals surface area contributed by atoms with Gasteiger partial charge in [-0.25, -0.2) is 14.4 Å². The first-order valence-corrected chi connectivity index (χ1v) is 9.39. The van der Waals surface area contributed by atoms with Gasteiger partial charge < -0.3 is 4.74 Å². The predicted molar refractivity (Wildman–Crippen MR) is 93.3 cm³/mol. The van der Waals surface area contributed by atoms with Gasteiger partial charge in [-0.1, -0.05) is 23.9 Å². The molecule has 1 saturated heterocycles. The molecule has 0 saturated carbocycles. The van der Waals surface area contributed by atoms with Crippen molar-refractivity contribution < 1.29 is 9.13 Å². The number of rotatable bonds is 7. The number of ether oxygens (including phenoxy) is 1. The molecule has 4 nitrogen and oxygen atoms in total. The van der Waals surface area contributed by atoms with Gasteiger partial charge >= 0.3 is 0 Å². The molecule has 0 N–H and O–H groups in total. The Balaban J connectivity index is 1.70. The Hall–Kier alpha value is -1.50. The van der Waals surface area contributed by atoms with Crippen molar-refractivity contribution >= 4 is 11.8 Å². The van der Waals surface area contributed by atoms with Crippen molar-refractivity contribution in [2.75, 3.05) is 19.4 Å². The normalized spacial score (nSPS) is 17.5. The van der Waals surface area contributed by atoms with E-state index >= 15 is 0 Å². The summed E-state index contributed by atoms with van der Waals surface area (Å²) >= 11 is 1.53. The summed E-state index contributed by atoms with van der Waals surface area (Å²) in [7, 11) is 0. The predicted octanol–water partition coefficient (Wildman–Crippen LogP) is 3.52. The smallest absolute Gasteiger partial charge is 0.187 e. The van der Waals surface area contributed by atoms with Crippen molar-refractivity contribution in [3.05, 3.63) is 53.6 Å². The molecule has 1 aromatic heterocycles. The molecule has 1 aliphatic rings. The molecule has 0 bridgehead atoms. The van der Waals surface area contributed by atoms with Crippen LogP contribution in [0.2, 0.25) is 0 Å². The second kappa shape index (κ2) is 8.55. The van der Waals surface area contributed by atoms with Crippen LogP contribution in [0.25, 0.3) is 0 Å². The van der Waals surface area contributed by atoms with Gasteiger partial charge in [0.05, 0.1) is 6.10 Å². The summed E-state index contributed by atoms with van der Waals surface area (Å²) in [6.07, 6.45) is 8.15. The highest BCUT2D eigenvalue weighted by Gasteiger charge is 2.20. The van der Waals surface area contributed by atoms with Crippen LogP contribution in [-0.4, -0.2) is 40.4 Å². The Kier molecular flexibility index (Phi) is 6.18. The van der Waals surface area contributed by atoms with E-state index in [0.717, 1.165) is 48.8 Å². The highest BCUT2D eigenvalue weighted by molar-refractivity contribution is 7.98. The lowest BCUT2D eigenvalue weighted by Crippen LogP contribution is -2.31. The van der Waals surface area contributed by atoms with Crippen molar-refractivity contribution in [2.45, 2.75) is 37.2 Å². The first-order valence-electron chi connectivity index (χ1n) is 8.16. The molecule has 0 amide bonds. The van der Waals surface area contributed by atoms with Gasteiger partial charge in [-0.15, -0.1) is 0 Å². The number of halogens is 1. The van der Waals surface area contributed by atoms with E-state index in [9.17, 15) is 4.39 Å². The topological polar surface area (TPSA) is 38.2 Å². The molecule has 24 heavy (non-hydrogen) atoms. The van der Waals surface area contributed by atoms with Gasteiger partial charge in [-0.3, -0.25) is 4.90 Å². The van der Waals surface area contributed by atoms with Crippen LogP contribution in [0.5, 0.6) is 0 Å². The Bertz CT molecular complexity index is 647. The van der Waals surface area contributed by atoms with Gasteiger partial charge in [0.1, 0.15) is 5.82 Å². The molecule has 0 spiro atoms. The fourth-order valence-electron chi connectivity index (χ4n) is 2.94. The zero-order valence-electron chi connectivity index (χ0n) is 13.8. The summed E-state index contributed by atoms with van der Waals surface area (Å²) in [6, 6.07) is 6.78. The molecule has 128 valence electrons. The molecular formula is C18H22FN3OS. The van der Waals surface area contributed by atoms with E-state index in [4.69, 9.17) is 4.74 Å². The Morgan fingerprint density at radius 1 is 1.25 bits per heavy atom. The zero-order valence-corrected chi connectivity index (χ0v) is 14.6. The van der Waals surface area contributed by atoms with Crippen LogP contribution in [-0.2, 0) is 17.8 Å². The van der Waals surface area contributed by atoms with E-state index in [2.05, 4.69) is 14.9 Å². The maximum Gasteiger partial charge on any atom is 0.187 e. The van der Waals surface area contributed by atoms with Crippen LogP contribution >= 0.6 is 11.8 Å². The lowest BCUT2D eigenvalue weighted by atomic mass is 10.1. The van der Waals surface area contributed by atoms with E-state index < -0.39 is 0 Å². The summed E-state index contributed by atoms with van der Waals surface area (Å²) in [4.78, 5) is 11.0. The first-order chi connectivity index (χ1) is 11.7. The minimum absolute atomic E-state index is 0.197. The quantitative estimate of drug-likeness (QED) is 0.566. The molecule has 2 heterocycles. The fourth-order valence-corrected chi connectivity index (χ4v) is 3.26. The van der Waals surface area contributed by atoms with Crippen LogP contribution in [0.3, 0.4) is 0 Å². The number of hydrogen-bond acceptors (Lipinski definition) is 5. The van der Waals surface area contributed by atoms with Gasteiger partial charge in [0.25, 0.3) is 0 Å². The van der Waals surface area contributed by atoms with E-state index in [1.165, 1.54) is 17.8 Å². The lowest BCUT2D eigenvalue weighted by molar-refractivity contribution is 0.0678. The molecule has 3 rings (SSSR count). The van der Waals surface area contributed by atoms with Crippen molar-refractivity contribution in [3.63, 3.8) is 0 Å². The maximum absolute atomic E-state index is 13.5. The molecule has 1 aliphatic heterocycles. The summed E-state index contributed by atoms with van der Waals surface area (Å²) in [6.45, 7) is 3.08. The Morgan fingerprint density at radius 3 is 2.71 bits per heavy atom. The highest BCUT2D eigenvalue weighted by atomic mass is 32.2. The minimum atomic E-state index is -0.197. The third-order valence-corrected chi connectivity index (χ3v) is 4.63. The molecule has 1 fully saturated rings. The summed E-state index contributed by atoms with van der Waals surface area (Å²) in [5.74, 6) is -0.197. The highest BCUT2D eigenvalue weighted by Crippen LogP contribution is 2.18. The molecule has 6 heteroatoms. The number of hydrogen-bond donors (Lipinski definition) is 0. The summed E-state index contributed by atoms with van der Waals surface area (Å²) in [5.41, 5.74) is 2.02. The average molecular weight is 347 g/mol. The van der Waals surface area contributed by atoms with E-state index in [-0.39, 0.29) is 11.9 Å². The second-order valence-corrected chi connectivity index (χ2v) is 6.79. The minimum Gasteiger partial charge on any atom is -0.377 e. The molecule has 1 unspecified atom stereocenters. The monoisotopic (exact) mass is 347 g/mol. The van der Waals surface area contributed by atoms with Crippen molar-refractivity contribution in [1.82, 2.24) is 14.9 Å². The maximum atomic E-state index is 13.5. The van der Waals surface area contributed by atoms with E-state index in [1.54, 1.807) is 12.1 Å². The number of thioether (sulfide) groups is 1. The molecular weight excluding hydrogens is 325 g/mol. The zero-order chi connectivity index (χ0) is 16.8. The molecule has 0 radical (unpaired) electrons. The van der Waals surface area contributed by atoms with Crippen molar-refractivity contribution in [1.29, 1.82) is 0 Å². The number of nitrogens with zero attached hydrogens (tertiary/aromatic N) is 3. The van der Waals surface area contributed by atoms with Crippen LogP contribution in [0.4, 0.5) is 4.39 Å². The molecule has 1 atom stereocenters. The van der Waals surface area contributed by atoms with Gasteiger partial charge in [-0.2, -0.15) is 0 Å². The Morgan fingerprint density at radius 2 is 2.04 bits per heavy atom. The van der Waals surface area contributed by atoms with Crippen LogP contribution in [0.15, 0.2) is 41.8 Å². The van der Waals surface area contributed by atoms with Gasteiger partial charge in [0, 0.05) is 44.2 Å². The first kappa shape index (κ1) is 17.3. The van der Waals surface area contributed by atoms with Gasteiger partial charge in [0.2, 0.25) is 0 Å². The Labute approximate surface area is 146 Å². The van der Waals surface area contributed by atoms with Crippen LogP contribution in [0, 0.1) is 5.82 Å². The van der Waals surface area contributed by atoms with Crippen LogP contribution < -0.4 is 0 Å². The number of aromatic nitrogens is 2. The third kappa shape index (κ3) is 5.00. The van der Waals surface area contributed by atoms with E-state index in [1.807, 2.05) is 24.7 Å². The fraction of sp³-hybridized carbons (Fsp3) is 0.444. The van der Waals surface area contributed by atoms with Gasteiger partial charge in [0.15, 0.2) is 5.16 Å². The van der Waals surface area contributed by atoms with Crippen LogP contribution in [0.1, 0.15) is 24.0 Å². The average Bonchev–Trinajstić information content (AvgIpc) is 3.08. The summed E-state index contributed by atoms with van der Waals surface area (Å²) < 4.78 is 19.2. The molecule has 0 aliphatic carbocycles. The lowest BCUT2D eigenvalue weighted by Gasteiger charge is -2.25. The number of benzene rings is 1. The molecule has 2 aromatic rings.